The van der Waals surface area contributed by atoms with Crippen molar-refractivity contribution in [2.45, 2.75) is 20.0 Å². The monoisotopic (exact) mass is 278 g/mol. The average Bonchev–Trinajstić information content (AvgIpc) is 2.71. The van der Waals surface area contributed by atoms with Gasteiger partial charge in [0.05, 0.1) is 12.3 Å². The number of hydrogen-bond donors (Lipinski definition) is 2. The Balaban J connectivity index is 2.55. The van der Waals surface area contributed by atoms with Gasteiger partial charge in [-0.3, -0.25) is 4.79 Å². The molecule has 0 radical (unpaired) electrons. The van der Waals surface area contributed by atoms with Gasteiger partial charge in [0.25, 0.3) is 5.91 Å². The zero-order chi connectivity index (χ0) is 14.9. The lowest BCUT2D eigenvalue weighted by Gasteiger charge is -2.15. The maximum Gasteiger partial charge on any atom is 0.254 e. The first-order valence-corrected chi connectivity index (χ1v) is 6.00. The van der Waals surface area contributed by atoms with E-state index in [1.165, 1.54) is 29.1 Å². The van der Waals surface area contributed by atoms with Gasteiger partial charge in [-0.25, -0.2) is 9.07 Å². The molecule has 106 valence electrons. The van der Waals surface area contributed by atoms with E-state index in [9.17, 15) is 9.18 Å². The third kappa shape index (κ3) is 2.56. The van der Waals surface area contributed by atoms with Crippen molar-refractivity contribution in [2.24, 2.45) is 5.73 Å². The van der Waals surface area contributed by atoms with E-state index in [4.69, 9.17) is 16.2 Å². The van der Waals surface area contributed by atoms with Crippen LogP contribution >= 0.6 is 0 Å². The highest BCUT2D eigenvalue weighted by atomic mass is 19.1. The molecule has 0 saturated heterocycles. The number of nitrogen functional groups attached to an aromatic ring is 1. The van der Waals surface area contributed by atoms with E-state index in [1.807, 2.05) is 13.8 Å². The van der Waals surface area contributed by atoms with Gasteiger partial charge in [-0.15, -0.1) is 0 Å². The van der Waals surface area contributed by atoms with Gasteiger partial charge in [0.1, 0.15) is 28.6 Å². The number of amides is 1. The van der Waals surface area contributed by atoms with Crippen LogP contribution in [0.3, 0.4) is 0 Å². The Morgan fingerprint density at radius 1 is 1.45 bits per heavy atom. The summed E-state index contributed by atoms with van der Waals surface area (Å²) in [5.74, 6) is -0.754. The van der Waals surface area contributed by atoms with Gasteiger partial charge >= 0.3 is 0 Å². The van der Waals surface area contributed by atoms with Crippen LogP contribution in [0.2, 0.25) is 0 Å². The summed E-state index contributed by atoms with van der Waals surface area (Å²) in [6.07, 6.45) is 1.11. The predicted octanol–water partition coefficient (Wildman–Crippen LogP) is 1.48. The second-order valence-electron chi connectivity index (χ2n) is 4.50. The zero-order valence-corrected chi connectivity index (χ0v) is 11.1. The molecule has 20 heavy (non-hydrogen) atoms. The van der Waals surface area contributed by atoms with Gasteiger partial charge in [-0.2, -0.15) is 5.10 Å². The Hall–Kier alpha value is -2.57. The van der Waals surface area contributed by atoms with Crippen molar-refractivity contribution in [3.63, 3.8) is 0 Å². The number of rotatable bonds is 4. The third-order valence-corrected chi connectivity index (χ3v) is 2.58. The summed E-state index contributed by atoms with van der Waals surface area (Å²) >= 11 is 0. The van der Waals surface area contributed by atoms with E-state index < -0.39 is 11.7 Å². The summed E-state index contributed by atoms with van der Waals surface area (Å²) in [5.41, 5.74) is 11.5. The molecule has 0 aliphatic carbocycles. The standard InChI is InChI=1S/C13H15FN4O2/c1-7(2)20-11-5-8(14)3-4-10(11)18-12(15)9(6-17-18)13(16)19/h3-7H,15H2,1-2H3,(H2,16,19). The molecular formula is C13H15FN4O2. The summed E-state index contributed by atoms with van der Waals surface area (Å²) in [4.78, 5) is 11.2. The van der Waals surface area contributed by atoms with Crippen LogP contribution in [0.4, 0.5) is 10.2 Å². The van der Waals surface area contributed by atoms with Crippen molar-refractivity contribution in [1.82, 2.24) is 9.78 Å². The number of nitrogens with two attached hydrogens (primary N) is 2. The first-order chi connectivity index (χ1) is 9.40. The van der Waals surface area contributed by atoms with Crippen LogP contribution in [-0.2, 0) is 0 Å². The van der Waals surface area contributed by atoms with E-state index in [-0.39, 0.29) is 23.2 Å². The zero-order valence-electron chi connectivity index (χ0n) is 11.1. The minimum absolute atomic E-state index is 0.0812. The fraction of sp³-hybridized carbons (Fsp3) is 0.231. The van der Waals surface area contributed by atoms with E-state index in [2.05, 4.69) is 5.10 Å². The molecule has 0 saturated carbocycles. The Labute approximate surface area is 115 Å². The number of carbonyl (C=O) groups excluding carboxylic acids is 1. The van der Waals surface area contributed by atoms with Crippen LogP contribution in [0.25, 0.3) is 5.69 Å². The highest BCUT2D eigenvalue weighted by molar-refractivity contribution is 5.97. The van der Waals surface area contributed by atoms with Gasteiger partial charge in [-0.05, 0) is 26.0 Å². The predicted molar refractivity (Wildman–Crippen MR) is 72.2 cm³/mol. The Kier molecular flexibility index (Phi) is 3.60. The molecule has 1 aromatic heterocycles. The van der Waals surface area contributed by atoms with Crippen LogP contribution in [-0.4, -0.2) is 21.8 Å². The maximum atomic E-state index is 13.3. The van der Waals surface area contributed by atoms with Gasteiger partial charge in [0, 0.05) is 6.07 Å². The smallest absolute Gasteiger partial charge is 0.254 e. The van der Waals surface area contributed by atoms with Crippen molar-refractivity contribution in [1.29, 1.82) is 0 Å². The van der Waals surface area contributed by atoms with Crippen molar-refractivity contribution in [3.05, 3.63) is 35.8 Å². The molecule has 0 aliphatic heterocycles. The lowest BCUT2D eigenvalue weighted by Crippen LogP contribution is -2.14. The number of benzene rings is 1. The molecule has 0 bridgehead atoms. The van der Waals surface area contributed by atoms with Crippen molar-refractivity contribution >= 4 is 11.7 Å². The highest BCUT2D eigenvalue weighted by Gasteiger charge is 2.17. The van der Waals surface area contributed by atoms with Crippen molar-refractivity contribution < 1.29 is 13.9 Å². The molecule has 1 amide bonds. The Morgan fingerprint density at radius 2 is 2.15 bits per heavy atom. The molecule has 2 aromatic rings. The van der Waals surface area contributed by atoms with E-state index >= 15 is 0 Å². The van der Waals surface area contributed by atoms with Gasteiger partial charge in [0.15, 0.2) is 0 Å². The molecule has 0 aliphatic rings. The van der Waals surface area contributed by atoms with Crippen LogP contribution in [0.15, 0.2) is 24.4 Å². The summed E-state index contributed by atoms with van der Waals surface area (Å²) < 4.78 is 20.2. The Morgan fingerprint density at radius 3 is 2.70 bits per heavy atom. The SMILES string of the molecule is CC(C)Oc1cc(F)ccc1-n1ncc(C(N)=O)c1N. The molecule has 0 spiro atoms. The van der Waals surface area contributed by atoms with E-state index in [1.54, 1.807) is 0 Å². The van der Waals surface area contributed by atoms with Gasteiger partial charge in [-0.1, -0.05) is 0 Å². The molecular weight excluding hydrogens is 263 g/mol. The topological polar surface area (TPSA) is 96.2 Å². The van der Waals surface area contributed by atoms with E-state index in [0.717, 1.165) is 0 Å². The number of nitrogens with zero attached hydrogens (tertiary/aromatic N) is 2. The second-order valence-corrected chi connectivity index (χ2v) is 4.50. The van der Waals surface area contributed by atoms with Gasteiger partial charge in [0.2, 0.25) is 0 Å². The lowest BCUT2D eigenvalue weighted by atomic mass is 10.2. The minimum Gasteiger partial charge on any atom is -0.489 e. The quantitative estimate of drug-likeness (QED) is 0.885. The van der Waals surface area contributed by atoms with E-state index in [0.29, 0.717) is 5.69 Å². The number of hydrogen-bond acceptors (Lipinski definition) is 4. The molecule has 7 heteroatoms. The maximum absolute atomic E-state index is 13.3. The summed E-state index contributed by atoms with van der Waals surface area (Å²) in [5, 5.41) is 3.99. The molecule has 2 rings (SSSR count). The molecule has 0 atom stereocenters. The fourth-order valence-corrected chi connectivity index (χ4v) is 1.75. The van der Waals surface area contributed by atoms with Crippen LogP contribution < -0.4 is 16.2 Å². The number of primary amides is 1. The molecule has 0 unspecified atom stereocenters. The Bertz CT molecular complexity index is 652. The van der Waals surface area contributed by atoms with Crippen LogP contribution in [0.5, 0.6) is 5.75 Å². The summed E-state index contributed by atoms with van der Waals surface area (Å²) in [7, 11) is 0. The largest absolute Gasteiger partial charge is 0.489 e. The molecule has 4 N–H and O–H groups in total. The summed E-state index contributed by atoms with van der Waals surface area (Å²) in [6, 6.07) is 3.97. The minimum atomic E-state index is -0.679. The normalized spacial score (nSPS) is 10.8. The number of ether oxygens (including phenoxy) is 1. The number of halogens is 1. The van der Waals surface area contributed by atoms with Crippen LogP contribution in [0, 0.1) is 5.82 Å². The average molecular weight is 278 g/mol. The first-order valence-electron chi connectivity index (χ1n) is 6.00. The third-order valence-electron chi connectivity index (χ3n) is 2.58. The first kappa shape index (κ1) is 13.9. The number of anilines is 1. The summed E-state index contributed by atoms with van der Waals surface area (Å²) in [6.45, 7) is 3.63. The molecule has 6 nitrogen and oxygen atoms in total. The van der Waals surface area contributed by atoms with Crippen molar-refractivity contribution in [3.8, 4) is 11.4 Å². The van der Waals surface area contributed by atoms with Crippen LogP contribution in [0.1, 0.15) is 24.2 Å². The number of aromatic nitrogens is 2. The second kappa shape index (κ2) is 5.20. The molecule has 1 aromatic carbocycles. The lowest BCUT2D eigenvalue weighted by molar-refractivity contribution is 0.100. The fourth-order valence-electron chi connectivity index (χ4n) is 1.75. The van der Waals surface area contributed by atoms with Crippen molar-refractivity contribution in [2.75, 3.05) is 5.73 Å². The van der Waals surface area contributed by atoms with Gasteiger partial charge < -0.3 is 16.2 Å². The molecule has 1 heterocycles. The molecule has 0 fully saturated rings. The number of carbonyl (C=O) groups is 1. The highest BCUT2D eigenvalue weighted by Crippen LogP contribution is 2.27.